The molecule has 1 heterocycles. The number of nitrogens with one attached hydrogen (secondary N) is 2. The van der Waals surface area contributed by atoms with Gasteiger partial charge in [-0.3, -0.25) is 20.0 Å². The fourth-order valence-corrected chi connectivity index (χ4v) is 3.06. The summed E-state index contributed by atoms with van der Waals surface area (Å²) in [6, 6.07) is 15.4. The van der Waals surface area contributed by atoms with E-state index < -0.39 is 5.92 Å². The summed E-state index contributed by atoms with van der Waals surface area (Å²) in [5.74, 6) is -0.707. The van der Waals surface area contributed by atoms with Crippen LogP contribution in [0, 0.1) is 19.8 Å². The third-order valence-corrected chi connectivity index (χ3v) is 4.82. The summed E-state index contributed by atoms with van der Waals surface area (Å²) in [7, 11) is 1.58. The van der Waals surface area contributed by atoms with E-state index in [9.17, 15) is 9.59 Å². The lowest BCUT2D eigenvalue weighted by Gasteiger charge is -2.15. The Kier molecular flexibility index (Phi) is 8.35. The number of aliphatic imine (C=N–C) groups is 1. The first-order valence-electron chi connectivity index (χ1n) is 10.0. The lowest BCUT2D eigenvalue weighted by atomic mass is 9.99. The van der Waals surface area contributed by atoms with Crippen LogP contribution in [0.4, 0.5) is 11.4 Å². The largest absolute Gasteiger partial charge is 0.362 e. The third-order valence-electron chi connectivity index (χ3n) is 4.82. The van der Waals surface area contributed by atoms with E-state index in [2.05, 4.69) is 48.3 Å². The molecule has 30 heavy (non-hydrogen) atoms. The number of benzene rings is 2. The van der Waals surface area contributed by atoms with Gasteiger partial charge in [0.1, 0.15) is 5.84 Å². The topological polar surface area (TPSA) is 73.8 Å². The Morgan fingerprint density at radius 3 is 2.47 bits per heavy atom. The number of carbonyl (C=O) groups excluding carboxylic acids is 2. The number of amidine groups is 1. The number of carbonyl (C=O) groups is 2. The lowest BCUT2D eigenvalue weighted by Crippen LogP contribution is -2.35. The molecule has 0 saturated carbocycles. The van der Waals surface area contributed by atoms with Crippen LogP contribution in [0.5, 0.6) is 0 Å². The monoisotopic (exact) mass is 406 g/mol. The first-order chi connectivity index (χ1) is 14.4. The average molecular weight is 407 g/mol. The minimum Gasteiger partial charge on any atom is -0.362 e. The molecular weight excluding hydrogens is 376 g/mol. The minimum absolute atomic E-state index is 0.0842. The van der Waals surface area contributed by atoms with Gasteiger partial charge in [-0.05, 0) is 61.9 Å². The molecule has 0 aliphatic carbocycles. The number of Topliss-reactive ketones (excluding diaryl/α,β-unsaturated/α-hetero) is 1. The Labute approximate surface area is 178 Å². The molecule has 2 aromatic carbocycles. The van der Waals surface area contributed by atoms with Crippen LogP contribution in [0.25, 0.3) is 0 Å². The zero-order valence-electron chi connectivity index (χ0n) is 18.1. The summed E-state index contributed by atoms with van der Waals surface area (Å²) in [5, 5.41) is 4.43. The average Bonchev–Trinajstić information content (AvgIpc) is 3.09. The van der Waals surface area contributed by atoms with Crippen LogP contribution in [0.3, 0.4) is 0 Å². The maximum atomic E-state index is 12.4. The smallest absolute Gasteiger partial charge is 0.263 e. The zero-order valence-corrected chi connectivity index (χ0v) is 18.1. The number of anilines is 2. The van der Waals surface area contributed by atoms with Crippen LogP contribution in [0.15, 0.2) is 66.3 Å². The second kappa shape index (κ2) is 11.0. The highest BCUT2D eigenvalue weighted by atomic mass is 16.2. The van der Waals surface area contributed by atoms with Gasteiger partial charge in [0.05, 0.1) is 5.69 Å². The zero-order chi connectivity index (χ0) is 22.1. The van der Waals surface area contributed by atoms with E-state index >= 15 is 0 Å². The third kappa shape index (κ3) is 5.56. The minimum atomic E-state index is -0.787. The van der Waals surface area contributed by atoms with Crippen molar-refractivity contribution in [2.45, 2.75) is 33.6 Å². The lowest BCUT2D eigenvalue weighted by molar-refractivity contribution is -0.128. The molecule has 0 spiro atoms. The molecule has 2 aromatic rings. The van der Waals surface area contributed by atoms with Gasteiger partial charge < -0.3 is 5.32 Å². The molecule has 1 aliphatic rings. The van der Waals surface area contributed by atoms with Gasteiger partial charge in [0.15, 0.2) is 11.7 Å². The highest BCUT2D eigenvalue weighted by Crippen LogP contribution is 2.22. The van der Waals surface area contributed by atoms with Gasteiger partial charge in [0, 0.05) is 19.2 Å². The predicted molar refractivity (Wildman–Crippen MR) is 124 cm³/mol. The van der Waals surface area contributed by atoms with Crippen LogP contribution < -0.4 is 15.8 Å². The molecular formula is C24H30N4O2. The molecule has 0 bridgehead atoms. The molecule has 6 nitrogen and oxygen atoms in total. The van der Waals surface area contributed by atoms with Gasteiger partial charge in [-0.25, -0.2) is 5.01 Å². The standard InChI is InChI=1S/C14H17N3O2.C10H13N/c1-3-7-11(18)12-13(15-2)16-17(14(12)19)10-8-5-4-6-9-10;1-4-11-10-6-5-8(2)9(3)7-10/h4-6,8-9,12H,3,7H2,1-2H3,(H,15,16);4-7,11H,1H2,2-3H3. The molecule has 158 valence electrons. The molecule has 1 atom stereocenters. The molecule has 1 unspecified atom stereocenters. The fraction of sp³-hybridized carbons (Fsp3) is 0.292. The van der Waals surface area contributed by atoms with Crippen molar-refractivity contribution in [2.24, 2.45) is 10.9 Å². The van der Waals surface area contributed by atoms with Gasteiger partial charge >= 0.3 is 0 Å². The Balaban J connectivity index is 0.000000248. The summed E-state index contributed by atoms with van der Waals surface area (Å²) in [4.78, 5) is 28.4. The Hall–Kier alpha value is -3.41. The second-order valence-electron chi connectivity index (χ2n) is 7.03. The number of para-hydroxylation sites is 1. The van der Waals surface area contributed by atoms with Crippen LogP contribution in [0.2, 0.25) is 0 Å². The molecule has 6 heteroatoms. The van der Waals surface area contributed by atoms with Gasteiger partial charge in [0.2, 0.25) is 0 Å². The maximum absolute atomic E-state index is 12.4. The van der Waals surface area contributed by atoms with Crippen LogP contribution in [0.1, 0.15) is 30.9 Å². The van der Waals surface area contributed by atoms with Crippen LogP contribution in [-0.2, 0) is 9.59 Å². The van der Waals surface area contributed by atoms with Crippen molar-refractivity contribution in [3.63, 3.8) is 0 Å². The molecule has 3 rings (SSSR count). The maximum Gasteiger partial charge on any atom is 0.263 e. The van der Waals surface area contributed by atoms with E-state index in [4.69, 9.17) is 0 Å². The van der Waals surface area contributed by atoms with Crippen molar-refractivity contribution in [3.8, 4) is 0 Å². The summed E-state index contributed by atoms with van der Waals surface area (Å²) < 4.78 is 0. The summed E-state index contributed by atoms with van der Waals surface area (Å²) in [6.07, 6.45) is 2.80. The molecule has 1 fully saturated rings. The van der Waals surface area contributed by atoms with Gasteiger partial charge in [-0.15, -0.1) is 0 Å². The molecule has 1 saturated heterocycles. The summed E-state index contributed by atoms with van der Waals surface area (Å²) in [6.45, 7) is 9.72. The van der Waals surface area contributed by atoms with Crippen LogP contribution >= 0.6 is 0 Å². The summed E-state index contributed by atoms with van der Waals surface area (Å²) >= 11 is 0. The van der Waals surface area contributed by atoms with Crippen LogP contribution in [-0.4, -0.2) is 24.6 Å². The molecule has 2 N–H and O–H groups in total. The number of aryl methyl sites for hydroxylation is 2. The molecule has 0 radical (unpaired) electrons. The van der Waals surface area contributed by atoms with Crippen molar-refractivity contribution >= 4 is 28.9 Å². The van der Waals surface area contributed by atoms with E-state index in [-0.39, 0.29) is 11.7 Å². The van der Waals surface area contributed by atoms with Gasteiger partial charge in [-0.1, -0.05) is 37.8 Å². The number of ketones is 1. The predicted octanol–water partition coefficient (Wildman–Crippen LogP) is 4.41. The highest BCUT2D eigenvalue weighted by molar-refractivity contribution is 6.28. The van der Waals surface area contributed by atoms with Crippen molar-refractivity contribution in [2.75, 3.05) is 17.4 Å². The molecule has 1 amide bonds. The fourth-order valence-electron chi connectivity index (χ4n) is 3.06. The Bertz CT molecular complexity index is 922. The van der Waals surface area contributed by atoms with Crippen molar-refractivity contribution in [3.05, 3.63) is 72.4 Å². The first-order valence-corrected chi connectivity index (χ1v) is 10.0. The van der Waals surface area contributed by atoms with Crippen molar-refractivity contribution in [1.29, 1.82) is 0 Å². The van der Waals surface area contributed by atoms with Crippen molar-refractivity contribution in [1.82, 2.24) is 5.43 Å². The van der Waals surface area contributed by atoms with E-state index in [1.54, 1.807) is 13.2 Å². The second-order valence-corrected chi connectivity index (χ2v) is 7.03. The van der Waals surface area contributed by atoms with E-state index in [0.29, 0.717) is 17.9 Å². The molecule has 0 aromatic heterocycles. The van der Waals surface area contributed by atoms with Crippen molar-refractivity contribution < 1.29 is 9.59 Å². The number of hydrogen-bond donors (Lipinski definition) is 2. The highest BCUT2D eigenvalue weighted by Gasteiger charge is 2.42. The van der Waals surface area contributed by atoms with E-state index in [1.165, 1.54) is 16.1 Å². The normalized spacial score (nSPS) is 16.5. The number of amides is 1. The Morgan fingerprint density at radius 1 is 1.20 bits per heavy atom. The first kappa shape index (κ1) is 22.9. The SMILES string of the molecule is C=CNc1ccc(C)c(C)c1.CCCC(=O)C1C(=O)N(c2ccccc2)NC1=NC. The number of hydrazine groups is 1. The van der Waals surface area contributed by atoms with Gasteiger partial charge in [0.25, 0.3) is 5.91 Å². The summed E-state index contributed by atoms with van der Waals surface area (Å²) in [5.41, 5.74) is 7.34. The molecule has 1 aliphatic heterocycles. The van der Waals surface area contributed by atoms with Gasteiger partial charge in [-0.2, -0.15) is 0 Å². The Morgan fingerprint density at radius 2 is 1.90 bits per heavy atom. The number of nitrogens with zero attached hydrogens (tertiary/aromatic N) is 2. The quantitative estimate of drug-likeness (QED) is 0.697. The van der Waals surface area contributed by atoms with E-state index in [1.807, 2.05) is 43.3 Å². The number of hydrogen-bond acceptors (Lipinski definition) is 4. The number of rotatable bonds is 6. The van der Waals surface area contributed by atoms with E-state index in [0.717, 1.165) is 12.1 Å².